The molecule has 0 saturated heterocycles. The summed E-state index contributed by atoms with van der Waals surface area (Å²) in [6.45, 7) is 8.72. The van der Waals surface area contributed by atoms with Gasteiger partial charge < -0.3 is 10.2 Å². The zero-order chi connectivity index (χ0) is 22.4. The summed E-state index contributed by atoms with van der Waals surface area (Å²) < 4.78 is 0. The van der Waals surface area contributed by atoms with Crippen molar-refractivity contribution >= 4 is 23.2 Å². The number of aryl methyl sites for hydroxylation is 1. The molecule has 0 bridgehead atoms. The second-order valence-electron chi connectivity index (χ2n) is 8.63. The van der Waals surface area contributed by atoms with Gasteiger partial charge in [0.15, 0.2) is 0 Å². The summed E-state index contributed by atoms with van der Waals surface area (Å²) in [6, 6.07) is 7.70. The maximum absolute atomic E-state index is 12.9. The fourth-order valence-corrected chi connectivity index (χ4v) is 3.72. The molecule has 0 spiro atoms. The van der Waals surface area contributed by atoms with Crippen LogP contribution < -0.4 is 10.2 Å². The zero-order valence-electron chi connectivity index (χ0n) is 19.0. The number of amides is 1. The molecule has 3 rings (SSSR count). The smallest absolute Gasteiger partial charge is 0.274 e. The Hall–Kier alpha value is -2.80. The van der Waals surface area contributed by atoms with Crippen LogP contribution in [0.25, 0.3) is 0 Å². The molecule has 1 saturated carbocycles. The number of nitrogens with zero attached hydrogens (tertiary/aromatic N) is 4. The van der Waals surface area contributed by atoms with Crippen molar-refractivity contribution < 1.29 is 9.59 Å². The van der Waals surface area contributed by atoms with Crippen molar-refractivity contribution in [3.63, 3.8) is 0 Å². The van der Waals surface area contributed by atoms with Gasteiger partial charge in [-0.25, -0.2) is 9.97 Å². The van der Waals surface area contributed by atoms with Crippen molar-refractivity contribution in [2.75, 3.05) is 36.9 Å². The summed E-state index contributed by atoms with van der Waals surface area (Å²) in [5.74, 6) is 1.46. The lowest BCUT2D eigenvalue weighted by Crippen LogP contribution is -2.28. The fourth-order valence-electron chi connectivity index (χ4n) is 3.72. The quantitative estimate of drug-likeness (QED) is 0.594. The van der Waals surface area contributed by atoms with Crippen LogP contribution in [0.1, 0.15) is 54.7 Å². The standard InChI is InChI=1S/C24H33N5O2/c1-5-10-29(15-19-6-7-19)23-12-22(25-16-26-23)24(31)27-21-9-8-20(11-17(21)2)14-28(4)13-18(3)30/h8-9,11-12,16,19H,5-7,10,13-15H2,1-4H3,(H,27,31). The molecule has 0 unspecified atom stereocenters. The summed E-state index contributed by atoms with van der Waals surface area (Å²) in [7, 11) is 1.92. The van der Waals surface area contributed by atoms with E-state index in [1.165, 1.54) is 19.2 Å². The number of hydrogen-bond donors (Lipinski definition) is 1. The number of aromatic nitrogens is 2. The summed E-state index contributed by atoms with van der Waals surface area (Å²) in [6.07, 6.45) is 5.06. The maximum atomic E-state index is 12.9. The highest BCUT2D eigenvalue weighted by Gasteiger charge is 2.25. The van der Waals surface area contributed by atoms with Gasteiger partial charge in [0.1, 0.15) is 23.6 Å². The van der Waals surface area contributed by atoms with Crippen LogP contribution in [-0.2, 0) is 11.3 Å². The predicted octanol–water partition coefficient (Wildman–Crippen LogP) is 3.68. The third-order valence-corrected chi connectivity index (χ3v) is 5.36. The first kappa shape index (κ1) is 22.9. The predicted molar refractivity (Wildman–Crippen MR) is 123 cm³/mol. The minimum Gasteiger partial charge on any atom is -0.356 e. The number of likely N-dealkylation sites (N-methyl/N-ethyl adjacent to an activating group) is 1. The molecule has 1 aromatic heterocycles. The van der Waals surface area contributed by atoms with Gasteiger partial charge in [0, 0.05) is 31.4 Å². The molecule has 1 heterocycles. The summed E-state index contributed by atoms with van der Waals surface area (Å²) in [4.78, 5) is 37.0. The lowest BCUT2D eigenvalue weighted by Gasteiger charge is -2.23. The molecular weight excluding hydrogens is 390 g/mol. The molecule has 1 N–H and O–H groups in total. The highest BCUT2D eigenvalue weighted by Crippen LogP contribution is 2.31. The molecule has 0 atom stereocenters. The molecule has 1 amide bonds. The van der Waals surface area contributed by atoms with Crippen molar-refractivity contribution in [1.82, 2.24) is 14.9 Å². The Kier molecular flexibility index (Phi) is 7.74. The largest absolute Gasteiger partial charge is 0.356 e. The topological polar surface area (TPSA) is 78.4 Å². The lowest BCUT2D eigenvalue weighted by molar-refractivity contribution is -0.117. The van der Waals surface area contributed by atoms with Gasteiger partial charge in [0.2, 0.25) is 0 Å². The number of carbonyl (C=O) groups excluding carboxylic acids is 2. The van der Waals surface area contributed by atoms with Crippen LogP contribution in [0.3, 0.4) is 0 Å². The Morgan fingerprint density at radius 3 is 2.61 bits per heavy atom. The van der Waals surface area contributed by atoms with Crippen LogP contribution in [0.15, 0.2) is 30.6 Å². The van der Waals surface area contributed by atoms with E-state index < -0.39 is 0 Å². The molecule has 7 nitrogen and oxygen atoms in total. The maximum Gasteiger partial charge on any atom is 0.274 e. The molecule has 1 aliphatic rings. The van der Waals surface area contributed by atoms with Gasteiger partial charge >= 0.3 is 0 Å². The SMILES string of the molecule is CCCN(CC1CC1)c1cc(C(=O)Nc2ccc(CN(C)CC(C)=O)cc2C)ncn1. The monoisotopic (exact) mass is 423 g/mol. The Bertz CT molecular complexity index is 926. The first-order valence-corrected chi connectivity index (χ1v) is 11.0. The molecule has 1 fully saturated rings. The van der Waals surface area contributed by atoms with Crippen LogP contribution >= 0.6 is 0 Å². The first-order valence-electron chi connectivity index (χ1n) is 11.0. The van der Waals surface area contributed by atoms with Crippen molar-refractivity contribution in [1.29, 1.82) is 0 Å². The van der Waals surface area contributed by atoms with E-state index in [4.69, 9.17) is 0 Å². The second kappa shape index (κ2) is 10.5. The Morgan fingerprint density at radius 2 is 1.97 bits per heavy atom. The van der Waals surface area contributed by atoms with Crippen LogP contribution in [0.5, 0.6) is 0 Å². The zero-order valence-corrected chi connectivity index (χ0v) is 19.0. The Balaban J connectivity index is 1.67. The molecule has 1 aliphatic carbocycles. The van der Waals surface area contributed by atoms with Gasteiger partial charge in [-0.15, -0.1) is 0 Å². The number of carbonyl (C=O) groups is 2. The molecule has 1 aromatic carbocycles. The number of rotatable bonds is 11. The van der Waals surface area contributed by atoms with E-state index in [1.54, 1.807) is 13.0 Å². The number of nitrogens with one attached hydrogen (secondary N) is 1. The number of hydrogen-bond acceptors (Lipinski definition) is 6. The van der Waals surface area contributed by atoms with E-state index in [-0.39, 0.29) is 11.7 Å². The van der Waals surface area contributed by atoms with E-state index >= 15 is 0 Å². The number of ketones is 1. The molecule has 0 radical (unpaired) electrons. The molecule has 7 heteroatoms. The van der Waals surface area contributed by atoms with Crippen molar-refractivity contribution in [2.45, 2.75) is 46.6 Å². The van der Waals surface area contributed by atoms with Gasteiger partial charge in [-0.3, -0.25) is 14.5 Å². The van der Waals surface area contributed by atoms with Crippen molar-refractivity contribution in [3.05, 3.63) is 47.4 Å². The minimum atomic E-state index is -0.240. The Morgan fingerprint density at radius 1 is 1.19 bits per heavy atom. The third kappa shape index (κ3) is 6.85. The average molecular weight is 424 g/mol. The van der Waals surface area contributed by atoms with Crippen molar-refractivity contribution in [2.24, 2.45) is 5.92 Å². The van der Waals surface area contributed by atoms with E-state index in [2.05, 4.69) is 27.1 Å². The number of anilines is 2. The van der Waals surface area contributed by atoms with Gasteiger partial charge in [-0.1, -0.05) is 19.1 Å². The molecule has 2 aromatic rings. The summed E-state index contributed by atoms with van der Waals surface area (Å²) >= 11 is 0. The first-order chi connectivity index (χ1) is 14.9. The van der Waals surface area contributed by atoms with Crippen LogP contribution in [0.2, 0.25) is 0 Å². The molecule has 31 heavy (non-hydrogen) atoms. The van der Waals surface area contributed by atoms with E-state index in [0.29, 0.717) is 18.8 Å². The van der Waals surface area contributed by atoms with E-state index in [0.717, 1.165) is 48.1 Å². The van der Waals surface area contributed by atoms with E-state index in [1.807, 2.05) is 37.1 Å². The van der Waals surface area contributed by atoms with Gasteiger partial charge in [-0.2, -0.15) is 0 Å². The highest BCUT2D eigenvalue weighted by atomic mass is 16.2. The van der Waals surface area contributed by atoms with E-state index in [9.17, 15) is 9.59 Å². The summed E-state index contributed by atoms with van der Waals surface area (Å²) in [5, 5.41) is 2.98. The summed E-state index contributed by atoms with van der Waals surface area (Å²) in [5.41, 5.74) is 3.19. The fraction of sp³-hybridized carbons (Fsp3) is 0.500. The Labute approximate surface area is 184 Å². The van der Waals surface area contributed by atoms with Gasteiger partial charge in [0.05, 0.1) is 6.54 Å². The normalized spacial score (nSPS) is 13.3. The van der Waals surface area contributed by atoms with Crippen molar-refractivity contribution in [3.8, 4) is 0 Å². The molecular formula is C24H33N5O2. The van der Waals surface area contributed by atoms with Gasteiger partial charge in [0.25, 0.3) is 5.91 Å². The molecule has 166 valence electrons. The number of benzene rings is 1. The van der Waals surface area contributed by atoms with Crippen LogP contribution in [0, 0.1) is 12.8 Å². The van der Waals surface area contributed by atoms with Crippen LogP contribution in [0.4, 0.5) is 11.5 Å². The second-order valence-corrected chi connectivity index (χ2v) is 8.63. The average Bonchev–Trinajstić information content (AvgIpc) is 3.53. The number of Topliss-reactive ketones (excluding diaryl/α,β-unsaturated/α-hetero) is 1. The van der Waals surface area contributed by atoms with Gasteiger partial charge in [-0.05, 0) is 63.3 Å². The van der Waals surface area contributed by atoms with Crippen LogP contribution in [-0.4, -0.2) is 53.2 Å². The molecule has 0 aliphatic heterocycles. The third-order valence-electron chi connectivity index (χ3n) is 5.36. The lowest BCUT2D eigenvalue weighted by atomic mass is 10.1. The highest BCUT2D eigenvalue weighted by molar-refractivity contribution is 6.03. The minimum absolute atomic E-state index is 0.141.